The molecule has 0 spiro atoms. The minimum Gasteiger partial charge on any atom is -0.466 e. The van der Waals surface area contributed by atoms with Crippen LogP contribution in [0.15, 0.2) is 0 Å². The third-order valence-corrected chi connectivity index (χ3v) is 3.41. The fraction of sp³-hybridized carbons (Fsp3) is 0.857. The van der Waals surface area contributed by atoms with Crippen molar-refractivity contribution in [3.8, 4) is 0 Å². The minimum absolute atomic E-state index is 0.104. The number of amides is 1. The van der Waals surface area contributed by atoms with Gasteiger partial charge in [0, 0.05) is 18.4 Å². The maximum absolute atomic E-state index is 11.8. The van der Waals surface area contributed by atoms with Crippen LogP contribution in [-0.4, -0.2) is 24.5 Å². The summed E-state index contributed by atoms with van der Waals surface area (Å²) in [4.78, 5) is 23.2. The summed E-state index contributed by atoms with van der Waals surface area (Å²) in [5.41, 5.74) is 0. The summed E-state index contributed by atoms with van der Waals surface area (Å²) >= 11 is 0. The zero-order valence-electron chi connectivity index (χ0n) is 11.7. The predicted molar refractivity (Wildman–Crippen MR) is 70.0 cm³/mol. The Hall–Kier alpha value is -1.06. The second-order valence-corrected chi connectivity index (χ2v) is 5.39. The van der Waals surface area contributed by atoms with Crippen LogP contribution in [0.3, 0.4) is 0 Å². The first-order valence-electron chi connectivity index (χ1n) is 6.99. The van der Waals surface area contributed by atoms with Gasteiger partial charge in [-0.15, -0.1) is 0 Å². The van der Waals surface area contributed by atoms with E-state index in [1.165, 1.54) is 0 Å². The molecule has 0 bridgehead atoms. The zero-order valence-corrected chi connectivity index (χ0v) is 11.7. The lowest BCUT2D eigenvalue weighted by Gasteiger charge is -2.27. The van der Waals surface area contributed by atoms with Gasteiger partial charge >= 0.3 is 5.97 Å². The van der Waals surface area contributed by atoms with Crippen LogP contribution in [0.25, 0.3) is 0 Å². The van der Waals surface area contributed by atoms with Gasteiger partial charge in [-0.25, -0.2) is 0 Å². The lowest BCUT2D eigenvalue weighted by molar-refractivity contribution is -0.144. The molecule has 1 saturated carbocycles. The molecule has 0 aromatic heterocycles. The monoisotopic (exact) mass is 255 g/mol. The van der Waals surface area contributed by atoms with Crippen molar-refractivity contribution in [1.82, 2.24) is 5.32 Å². The molecule has 0 aromatic carbocycles. The highest BCUT2D eigenvalue weighted by Gasteiger charge is 2.27. The van der Waals surface area contributed by atoms with Crippen molar-refractivity contribution in [1.29, 1.82) is 0 Å². The SMILES string of the molecule is CCOC(=O)CC1CCC(C(=O)NC(C)C)CC1. The molecule has 0 atom stereocenters. The summed E-state index contributed by atoms with van der Waals surface area (Å²) in [6, 6.07) is 0.203. The second kappa shape index (κ2) is 7.39. The molecule has 0 aromatic rings. The first kappa shape index (κ1) is 15.0. The van der Waals surface area contributed by atoms with Crippen LogP contribution in [0.4, 0.5) is 0 Å². The summed E-state index contributed by atoms with van der Waals surface area (Å²) in [5.74, 6) is 0.588. The van der Waals surface area contributed by atoms with Crippen molar-refractivity contribution in [3.63, 3.8) is 0 Å². The van der Waals surface area contributed by atoms with E-state index in [4.69, 9.17) is 4.74 Å². The molecule has 0 aliphatic heterocycles. The highest BCUT2D eigenvalue weighted by molar-refractivity contribution is 5.79. The molecule has 104 valence electrons. The number of nitrogens with one attached hydrogen (secondary N) is 1. The molecule has 4 heteroatoms. The van der Waals surface area contributed by atoms with Gasteiger partial charge in [-0.3, -0.25) is 9.59 Å². The Morgan fingerprint density at radius 2 is 1.83 bits per heavy atom. The van der Waals surface area contributed by atoms with E-state index in [0.717, 1.165) is 25.7 Å². The molecule has 0 saturated heterocycles. The molecule has 1 amide bonds. The molecule has 1 aliphatic carbocycles. The average molecular weight is 255 g/mol. The van der Waals surface area contributed by atoms with Crippen molar-refractivity contribution < 1.29 is 14.3 Å². The molecule has 0 heterocycles. The number of carbonyl (C=O) groups is 2. The lowest BCUT2D eigenvalue weighted by Crippen LogP contribution is -2.37. The molecule has 4 nitrogen and oxygen atoms in total. The summed E-state index contributed by atoms with van der Waals surface area (Å²) in [6.07, 6.45) is 4.20. The van der Waals surface area contributed by atoms with Crippen molar-refractivity contribution in [2.75, 3.05) is 6.61 Å². The molecule has 18 heavy (non-hydrogen) atoms. The van der Waals surface area contributed by atoms with Crippen LogP contribution >= 0.6 is 0 Å². The van der Waals surface area contributed by atoms with Gasteiger partial charge < -0.3 is 10.1 Å². The van der Waals surface area contributed by atoms with E-state index in [2.05, 4.69) is 5.32 Å². The van der Waals surface area contributed by atoms with Crippen LogP contribution in [0.5, 0.6) is 0 Å². The highest BCUT2D eigenvalue weighted by atomic mass is 16.5. The van der Waals surface area contributed by atoms with Crippen LogP contribution in [0, 0.1) is 11.8 Å². The summed E-state index contributed by atoms with van der Waals surface area (Å²) in [5, 5.41) is 2.96. The number of hydrogen-bond donors (Lipinski definition) is 1. The van der Waals surface area contributed by atoms with Gasteiger partial charge in [-0.1, -0.05) is 0 Å². The van der Waals surface area contributed by atoms with Crippen LogP contribution in [-0.2, 0) is 14.3 Å². The topological polar surface area (TPSA) is 55.4 Å². The van der Waals surface area contributed by atoms with E-state index in [-0.39, 0.29) is 23.8 Å². The van der Waals surface area contributed by atoms with E-state index in [1.807, 2.05) is 20.8 Å². The van der Waals surface area contributed by atoms with Gasteiger partial charge in [0.1, 0.15) is 0 Å². The van der Waals surface area contributed by atoms with Gasteiger partial charge in [0.2, 0.25) is 5.91 Å². The number of hydrogen-bond acceptors (Lipinski definition) is 3. The predicted octanol–water partition coefficient (Wildman–Crippen LogP) is 2.27. The highest BCUT2D eigenvalue weighted by Crippen LogP contribution is 2.31. The Morgan fingerprint density at radius 3 is 2.33 bits per heavy atom. The molecule has 1 N–H and O–H groups in total. The Kier molecular flexibility index (Phi) is 6.16. The van der Waals surface area contributed by atoms with Crippen LogP contribution < -0.4 is 5.32 Å². The molecule has 1 aliphatic rings. The van der Waals surface area contributed by atoms with Gasteiger partial charge in [0.15, 0.2) is 0 Å². The van der Waals surface area contributed by atoms with Crippen molar-refractivity contribution in [3.05, 3.63) is 0 Å². The van der Waals surface area contributed by atoms with Gasteiger partial charge in [-0.2, -0.15) is 0 Å². The summed E-state index contributed by atoms with van der Waals surface area (Å²) in [7, 11) is 0. The number of rotatable bonds is 5. The number of ether oxygens (including phenoxy) is 1. The Bertz CT molecular complexity index is 281. The Labute approximate surface area is 109 Å². The molecule has 0 radical (unpaired) electrons. The summed E-state index contributed by atoms with van der Waals surface area (Å²) in [6.45, 7) is 6.23. The Balaban J connectivity index is 2.28. The lowest BCUT2D eigenvalue weighted by atomic mass is 9.80. The van der Waals surface area contributed by atoms with Crippen LogP contribution in [0.2, 0.25) is 0 Å². The van der Waals surface area contributed by atoms with E-state index in [1.54, 1.807) is 0 Å². The summed E-state index contributed by atoms with van der Waals surface area (Å²) < 4.78 is 4.95. The normalized spacial score (nSPS) is 23.8. The first-order valence-corrected chi connectivity index (χ1v) is 6.99. The standard InChI is InChI=1S/C14H25NO3/c1-4-18-13(16)9-11-5-7-12(8-6-11)14(17)15-10(2)3/h10-12H,4-9H2,1-3H3,(H,15,17). The zero-order chi connectivity index (χ0) is 13.5. The van der Waals surface area contributed by atoms with Gasteiger partial charge in [0.05, 0.1) is 6.61 Å². The third kappa shape index (κ3) is 5.07. The van der Waals surface area contributed by atoms with E-state index in [0.29, 0.717) is 18.9 Å². The fourth-order valence-electron chi connectivity index (χ4n) is 2.49. The number of carbonyl (C=O) groups excluding carboxylic acids is 2. The average Bonchev–Trinajstić information content (AvgIpc) is 2.29. The van der Waals surface area contributed by atoms with Crippen molar-refractivity contribution in [2.45, 2.75) is 58.9 Å². The first-order chi connectivity index (χ1) is 8.52. The maximum atomic E-state index is 11.8. The number of esters is 1. The maximum Gasteiger partial charge on any atom is 0.306 e. The third-order valence-electron chi connectivity index (χ3n) is 3.41. The molecule has 0 unspecified atom stereocenters. The fourth-order valence-corrected chi connectivity index (χ4v) is 2.49. The Morgan fingerprint density at radius 1 is 1.22 bits per heavy atom. The largest absolute Gasteiger partial charge is 0.466 e. The van der Waals surface area contributed by atoms with Crippen molar-refractivity contribution >= 4 is 11.9 Å². The molecule has 1 fully saturated rings. The van der Waals surface area contributed by atoms with E-state index < -0.39 is 0 Å². The smallest absolute Gasteiger partial charge is 0.306 e. The van der Waals surface area contributed by atoms with Crippen LogP contribution in [0.1, 0.15) is 52.9 Å². The van der Waals surface area contributed by atoms with Crippen molar-refractivity contribution in [2.24, 2.45) is 11.8 Å². The van der Waals surface area contributed by atoms with E-state index >= 15 is 0 Å². The second-order valence-electron chi connectivity index (χ2n) is 5.39. The molecular formula is C14H25NO3. The minimum atomic E-state index is -0.104. The van der Waals surface area contributed by atoms with E-state index in [9.17, 15) is 9.59 Å². The van der Waals surface area contributed by atoms with Gasteiger partial charge in [-0.05, 0) is 52.4 Å². The van der Waals surface area contributed by atoms with Gasteiger partial charge in [0.25, 0.3) is 0 Å². The quantitative estimate of drug-likeness (QED) is 0.767. The molecule has 1 rings (SSSR count). The molecular weight excluding hydrogens is 230 g/mol.